The molecule has 0 atom stereocenters. The summed E-state index contributed by atoms with van der Waals surface area (Å²) >= 11 is 0. The van der Waals surface area contributed by atoms with Gasteiger partial charge >= 0.3 is 11.9 Å². The summed E-state index contributed by atoms with van der Waals surface area (Å²) in [5.41, 5.74) is 3.03. The van der Waals surface area contributed by atoms with Gasteiger partial charge in [0.25, 0.3) is 0 Å². The van der Waals surface area contributed by atoms with Gasteiger partial charge in [0, 0.05) is 18.5 Å². The van der Waals surface area contributed by atoms with Crippen LogP contribution in [0.5, 0.6) is 0 Å². The number of para-hydroxylation sites is 1. The number of carboxylic acid groups (broad SMARTS) is 2. The maximum atomic E-state index is 12.0. The second-order valence-electron chi connectivity index (χ2n) is 6.98. The van der Waals surface area contributed by atoms with Gasteiger partial charge in [-0.25, -0.2) is 4.79 Å². The molecule has 0 aliphatic rings. The minimum absolute atomic E-state index is 0.0138. The Morgan fingerprint density at radius 3 is 2.03 bits per heavy atom. The number of unbranched alkanes of at least 4 members (excludes halogenated alkanes) is 2. The van der Waals surface area contributed by atoms with Crippen molar-refractivity contribution in [2.75, 3.05) is 5.32 Å². The molecule has 154 valence electrons. The lowest BCUT2D eigenvalue weighted by Crippen LogP contribution is -2.13. The first kappa shape index (κ1) is 22.1. The largest absolute Gasteiger partial charge is 0.481 e. The van der Waals surface area contributed by atoms with E-state index in [4.69, 9.17) is 5.11 Å². The molecule has 0 spiro atoms. The van der Waals surface area contributed by atoms with E-state index in [9.17, 15) is 19.5 Å². The van der Waals surface area contributed by atoms with Crippen LogP contribution in [0.15, 0.2) is 48.5 Å². The molecule has 0 aliphatic carbocycles. The number of aliphatic carboxylic acids is 1. The number of anilines is 1. The molecule has 2 aromatic carbocycles. The number of aromatic carboxylic acids is 1. The second kappa shape index (κ2) is 11.6. The van der Waals surface area contributed by atoms with Crippen molar-refractivity contribution in [3.8, 4) is 0 Å². The fourth-order valence-corrected chi connectivity index (χ4v) is 3.23. The van der Waals surface area contributed by atoms with Gasteiger partial charge in [-0.15, -0.1) is 0 Å². The zero-order valence-electron chi connectivity index (χ0n) is 16.4. The molecule has 0 unspecified atom stereocenters. The predicted octanol–water partition coefficient (Wildman–Crippen LogP) is 4.53. The number of benzene rings is 2. The van der Waals surface area contributed by atoms with E-state index < -0.39 is 11.9 Å². The molecule has 0 saturated carbocycles. The first-order valence-corrected chi connectivity index (χ1v) is 9.88. The number of carbonyl (C=O) groups is 3. The lowest BCUT2D eigenvalue weighted by molar-refractivity contribution is -0.137. The Kier molecular flexibility index (Phi) is 8.89. The Bertz CT molecular complexity index is 847. The summed E-state index contributed by atoms with van der Waals surface area (Å²) in [5, 5.41) is 20.8. The van der Waals surface area contributed by atoms with E-state index >= 15 is 0 Å². The SMILES string of the molecule is O=C(O)CCCC(=O)Nc1ccccc1CCCCCc1ccccc1C(=O)O. The van der Waals surface area contributed by atoms with Gasteiger partial charge in [-0.1, -0.05) is 42.8 Å². The van der Waals surface area contributed by atoms with Gasteiger partial charge in [0.2, 0.25) is 5.91 Å². The molecule has 2 rings (SSSR count). The number of rotatable bonds is 12. The van der Waals surface area contributed by atoms with Crippen LogP contribution in [0.4, 0.5) is 5.69 Å². The molecule has 2 aromatic rings. The summed E-state index contributed by atoms with van der Waals surface area (Å²) in [6, 6.07) is 14.7. The fraction of sp³-hybridized carbons (Fsp3) is 0.348. The van der Waals surface area contributed by atoms with Crippen molar-refractivity contribution in [2.24, 2.45) is 0 Å². The molecule has 29 heavy (non-hydrogen) atoms. The van der Waals surface area contributed by atoms with Crippen molar-refractivity contribution in [3.63, 3.8) is 0 Å². The molecular formula is C23H27NO5. The smallest absolute Gasteiger partial charge is 0.335 e. The molecule has 0 heterocycles. The van der Waals surface area contributed by atoms with Crippen molar-refractivity contribution in [3.05, 3.63) is 65.2 Å². The summed E-state index contributed by atoms with van der Waals surface area (Å²) in [6.07, 6.45) is 4.81. The summed E-state index contributed by atoms with van der Waals surface area (Å²) in [7, 11) is 0. The van der Waals surface area contributed by atoms with Crippen LogP contribution in [0, 0.1) is 0 Å². The number of hydrogen-bond acceptors (Lipinski definition) is 3. The lowest BCUT2D eigenvalue weighted by atomic mass is 9.99. The summed E-state index contributed by atoms with van der Waals surface area (Å²) in [4.78, 5) is 33.8. The van der Waals surface area contributed by atoms with Gasteiger partial charge in [0.1, 0.15) is 0 Å². The van der Waals surface area contributed by atoms with E-state index in [-0.39, 0.29) is 18.7 Å². The quantitative estimate of drug-likeness (QED) is 0.456. The van der Waals surface area contributed by atoms with E-state index in [0.717, 1.165) is 48.9 Å². The first-order valence-electron chi connectivity index (χ1n) is 9.88. The topological polar surface area (TPSA) is 104 Å². The third-order valence-electron chi connectivity index (χ3n) is 4.73. The maximum Gasteiger partial charge on any atom is 0.335 e. The van der Waals surface area contributed by atoms with Gasteiger partial charge < -0.3 is 15.5 Å². The third kappa shape index (κ3) is 7.78. The zero-order chi connectivity index (χ0) is 21.1. The minimum atomic E-state index is -0.899. The molecule has 3 N–H and O–H groups in total. The highest BCUT2D eigenvalue weighted by Gasteiger charge is 2.09. The van der Waals surface area contributed by atoms with Crippen LogP contribution in [0.1, 0.15) is 60.0 Å². The van der Waals surface area contributed by atoms with E-state index in [1.165, 1.54) is 0 Å². The van der Waals surface area contributed by atoms with Crippen molar-refractivity contribution < 1.29 is 24.6 Å². The van der Waals surface area contributed by atoms with Crippen LogP contribution in [-0.4, -0.2) is 28.1 Å². The average molecular weight is 397 g/mol. The molecule has 0 fully saturated rings. The van der Waals surface area contributed by atoms with Gasteiger partial charge in [-0.3, -0.25) is 9.59 Å². The second-order valence-corrected chi connectivity index (χ2v) is 6.98. The van der Waals surface area contributed by atoms with Crippen LogP contribution in [0.3, 0.4) is 0 Å². The number of hydrogen-bond donors (Lipinski definition) is 3. The summed E-state index contributed by atoms with van der Waals surface area (Å²) in [6.45, 7) is 0. The van der Waals surface area contributed by atoms with Gasteiger partial charge in [-0.2, -0.15) is 0 Å². The third-order valence-corrected chi connectivity index (χ3v) is 4.73. The number of amides is 1. The molecule has 0 aliphatic heterocycles. The van der Waals surface area contributed by atoms with E-state index in [1.807, 2.05) is 36.4 Å². The summed E-state index contributed by atoms with van der Waals surface area (Å²) in [5.74, 6) is -1.97. The van der Waals surface area contributed by atoms with Crippen LogP contribution in [0.2, 0.25) is 0 Å². The van der Waals surface area contributed by atoms with Gasteiger partial charge in [0.05, 0.1) is 5.56 Å². The monoisotopic (exact) mass is 397 g/mol. The zero-order valence-corrected chi connectivity index (χ0v) is 16.4. The van der Waals surface area contributed by atoms with Crippen LogP contribution < -0.4 is 5.32 Å². The van der Waals surface area contributed by atoms with Crippen LogP contribution in [0.25, 0.3) is 0 Å². The number of aryl methyl sites for hydroxylation is 2. The van der Waals surface area contributed by atoms with Gasteiger partial charge in [0.15, 0.2) is 0 Å². The standard InChI is InChI=1S/C23H27NO5/c25-21(15-8-16-22(26)27)24-20-14-7-5-12-18(20)11-3-1-2-9-17-10-4-6-13-19(17)23(28)29/h4-7,10,12-14H,1-3,8-9,11,15-16H2,(H,24,25)(H,26,27)(H,28,29). The highest BCUT2D eigenvalue weighted by atomic mass is 16.4. The Hall–Kier alpha value is -3.15. The molecular weight excluding hydrogens is 370 g/mol. The summed E-state index contributed by atoms with van der Waals surface area (Å²) < 4.78 is 0. The van der Waals surface area contributed by atoms with Crippen molar-refractivity contribution in [1.29, 1.82) is 0 Å². The molecule has 0 bridgehead atoms. The van der Waals surface area contributed by atoms with Crippen molar-refractivity contribution in [1.82, 2.24) is 0 Å². The van der Waals surface area contributed by atoms with Gasteiger partial charge in [-0.05, 0) is 55.4 Å². The molecule has 1 amide bonds. The Balaban J connectivity index is 1.79. The van der Waals surface area contributed by atoms with E-state index in [2.05, 4.69) is 5.32 Å². The van der Waals surface area contributed by atoms with E-state index in [1.54, 1.807) is 12.1 Å². The number of carboxylic acids is 2. The van der Waals surface area contributed by atoms with Crippen LogP contribution >= 0.6 is 0 Å². The average Bonchev–Trinajstić information content (AvgIpc) is 2.69. The Morgan fingerprint density at radius 1 is 0.724 bits per heavy atom. The predicted molar refractivity (Wildman–Crippen MR) is 111 cm³/mol. The maximum absolute atomic E-state index is 12.0. The normalized spacial score (nSPS) is 10.5. The number of nitrogens with one attached hydrogen (secondary N) is 1. The van der Waals surface area contributed by atoms with Crippen LogP contribution in [-0.2, 0) is 22.4 Å². The van der Waals surface area contributed by atoms with Crippen molar-refractivity contribution in [2.45, 2.75) is 51.4 Å². The number of carbonyl (C=O) groups excluding carboxylic acids is 1. The Morgan fingerprint density at radius 2 is 1.34 bits per heavy atom. The van der Waals surface area contributed by atoms with Crippen molar-refractivity contribution >= 4 is 23.5 Å². The highest BCUT2D eigenvalue weighted by Crippen LogP contribution is 2.19. The molecule has 6 heteroatoms. The lowest BCUT2D eigenvalue weighted by Gasteiger charge is -2.11. The first-order chi connectivity index (χ1) is 14.0. The molecule has 0 radical (unpaired) electrons. The fourth-order valence-electron chi connectivity index (χ4n) is 3.23. The highest BCUT2D eigenvalue weighted by molar-refractivity contribution is 5.91. The van der Waals surface area contributed by atoms with E-state index in [0.29, 0.717) is 12.0 Å². The molecule has 0 aromatic heterocycles. The Labute approximate surface area is 170 Å². The molecule has 0 saturated heterocycles. The molecule has 6 nitrogen and oxygen atoms in total. The minimum Gasteiger partial charge on any atom is -0.481 e.